The SMILES string of the molecule is CC1CC(C)C2OC3(CCCCC3)OC12. The first-order valence-corrected chi connectivity index (χ1v) is 6.56. The molecule has 2 heteroatoms. The zero-order valence-corrected chi connectivity index (χ0v) is 9.87. The Labute approximate surface area is 92.3 Å². The molecule has 3 aliphatic rings. The van der Waals surface area contributed by atoms with E-state index in [0.717, 1.165) is 12.8 Å². The van der Waals surface area contributed by atoms with Gasteiger partial charge < -0.3 is 9.47 Å². The van der Waals surface area contributed by atoms with E-state index >= 15 is 0 Å². The number of hydrogen-bond acceptors (Lipinski definition) is 2. The molecule has 0 amide bonds. The average Bonchev–Trinajstić information content (AvgIpc) is 2.69. The van der Waals surface area contributed by atoms with Crippen LogP contribution in [0.25, 0.3) is 0 Å². The molecule has 0 radical (unpaired) electrons. The van der Waals surface area contributed by atoms with Gasteiger partial charge in [0.1, 0.15) is 0 Å². The van der Waals surface area contributed by atoms with Gasteiger partial charge in [0.25, 0.3) is 0 Å². The van der Waals surface area contributed by atoms with Gasteiger partial charge in [0, 0.05) is 12.8 Å². The molecule has 0 aromatic carbocycles. The second kappa shape index (κ2) is 3.46. The zero-order valence-electron chi connectivity index (χ0n) is 9.87. The van der Waals surface area contributed by atoms with Crippen LogP contribution in [-0.4, -0.2) is 18.0 Å². The highest BCUT2D eigenvalue weighted by molar-refractivity contribution is 4.97. The van der Waals surface area contributed by atoms with E-state index in [1.165, 1.54) is 25.7 Å². The summed E-state index contributed by atoms with van der Waals surface area (Å²) in [6, 6.07) is 0. The minimum Gasteiger partial charge on any atom is -0.344 e. The first kappa shape index (κ1) is 10.1. The van der Waals surface area contributed by atoms with Crippen molar-refractivity contribution in [3.05, 3.63) is 0 Å². The third-order valence-corrected chi connectivity index (χ3v) is 4.51. The predicted octanol–water partition coefficient (Wildman–Crippen LogP) is 3.11. The van der Waals surface area contributed by atoms with Gasteiger partial charge in [-0.3, -0.25) is 0 Å². The van der Waals surface area contributed by atoms with Crippen molar-refractivity contribution in [1.29, 1.82) is 0 Å². The van der Waals surface area contributed by atoms with E-state index in [2.05, 4.69) is 13.8 Å². The van der Waals surface area contributed by atoms with Gasteiger partial charge in [0.05, 0.1) is 12.2 Å². The van der Waals surface area contributed by atoms with E-state index in [1.54, 1.807) is 0 Å². The van der Waals surface area contributed by atoms with Crippen LogP contribution in [0.1, 0.15) is 52.4 Å². The first-order valence-electron chi connectivity index (χ1n) is 6.56. The quantitative estimate of drug-likeness (QED) is 0.611. The van der Waals surface area contributed by atoms with Gasteiger partial charge in [0.2, 0.25) is 0 Å². The molecule has 1 aliphatic heterocycles. The van der Waals surface area contributed by atoms with Gasteiger partial charge in [-0.1, -0.05) is 20.3 Å². The van der Waals surface area contributed by atoms with E-state index < -0.39 is 0 Å². The summed E-state index contributed by atoms with van der Waals surface area (Å²) in [5.41, 5.74) is 0. The molecule has 4 atom stereocenters. The molecule has 2 nitrogen and oxygen atoms in total. The minimum absolute atomic E-state index is 0.170. The van der Waals surface area contributed by atoms with Crippen molar-refractivity contribution in [2.75, 3.05) is 0 Å². The van der Waals surface area contributed by atoms with Crippen molar-refractivity contribution in [2.24, 2.45) is 11.8 Å². The smallest absolute Gasteiger partial charge is 0.169 e. The molecule has 4 unspecified atom stereocenters. The molecular formula is C13H22O2. The number of hydrogen-bond donors (Lipinski definition) is 0. The fourth-order valence-corrected chi connectivity index (χ4v) is 3.72. The standard InChI is InChI=1S/C13H22O2/c1-9-8-10(2)12-11(9)14-13(15-12)6-4-3-5-7-13/h9-12H,3-8H2,1-2H3. The molecule has 3 rings (SSSR count). The molecule has 0 aromatic heterocycles. The number of fused-ring (bicyclic) bond motifs is 1. The molecule has 0 bridgehead atoms. The van der Waals surface area contributed by atoms with Gasteiger partial charge >= 0.3 is 0 Å². The molecule has 1 heterocycles. The Morgan fingerprint density at radius 3 is 1.93 bits per heavy atom. The Kier molecular flexibility index (Phi) is 2.33. The lowest BCUT2D eigenvalue weighted by Crippen LogP contribution is -2.35. The normalized spacial score (nSPS) is 48.4. The topological polar surface area (TPSA) is 18.5 Å². The fourth-order valence-electron chi connectivity index (χ4n) is 3.72. The summed E-state index contributed by atoms with van der Waals surface area (Å²) in [6.45, 7) is 4.62. The van der Waals surface area contributed by atoms with Crippen LogP contribution < -0.4 is 0 Å². The van der Waals surface area contributed by atoms with Crippen molar-refractivity contribution in [3.63, 3.8) is 0 Å². The van der Waals surface area contributed by atoms with Gasteiger partial charge in [-0.25, -0.2) is 0 Å². The van der Waals surface area contributed by atoms with Crippen molar-refractivity contribution in [3.8, 4) is 0 Å². The molecule has 0 N–H and O–H groups in total. The lowest BCUT2D eigenvalue weighted by molar-refractivity contribution is -0.204. The highest BCUT2D eigenvalue weighted by Crippen LogP contribution is 2.49. The maximum atomic E-state index is 6.27. The molecule has 1 spiro atoms. The average molecular weight is 210 g/mol. The Morgan fingerprint density at radius 2 is 1.40 bits per heavy atom. The first-order chi connectivity index (χ1) is 7.20. The van der Waals surface area contributed by atoms with Gasteiger partial charge in [-0.2, -0.15) is 0 Å². The van der Waals surface area contributed by atoms with Crippen molar-refractivity contribution >= 4 is 0 Å². The predicted molar refractivity (Wildman–Crippen MR) is 58.5 cm³/mol. The van der Waals surface area contributed by atoms with Crippen LogP contribution in [0.15, 0.2) is 0 Å². The van der Waals surface area contributed by atoms with Crippen molar-refractivity contribution in [2.45, 2.75) is 70.4 Å². The highest BCUT2D eigenvalue weighted by atomic mass is 16.8. The number of ether oxygens (including phenoxy) is 2. The van der Waals surface area contributed by atoms with Crippen LogP contribution >= 0.6 is 0 Å². The van der Waals surface area contributed by atoms with Crippen LogP contribution in [0.3, 0.4) is 0 Å². The van der Waals surface area contributed by atoms with Gasteiger partial charge in [-0.15, -0.1) is 0 Å². The summed E-state index contributed by atoms with van der Waals surface area (Å²) in [5.74, 6) is 1.20. The van der Waals surface area contributed by atoms with Crippen molar-refractivity contribution in [1.82, 2.24) is 0 Å². The Morgan fingerprint density at radius 1 is 0.867 bits per heavy atom. The van der Waals surface area contributed by atoms with Gasteiger partial charge in [0.15, 0.2) is 5.79 Å². The molecule has 86 valence electrons. The van der Waals surface area contributed by atoms with Crippen LogP contribution in [-0.2, 0) is 9.47 Å². The third kappa shape index (κ3) is 1.53. The largest absolute Gasteiger partial charge is 0.344 e. The maximum Gasteiger partial charge on any atom is 0.169 e. The Hall–Kier alpha value is -0.0800. The second-order valence-corrected chi connectivity index (χ2v) is 5.83. The summed E-state index contributed by atoms with van der Waals surface area (Å²) in [4.78, 5) is 0. The number of rotatable bonds is 0. The van der Waals surface area contributed by atoms with Crippen LogP contribution in [0.5, 0.6) is 0 Å². The summed E-state index contributed by atoms with van der Waals surface area (Å²) in [5, 5.41) is 0. The minimum atomic E-state index is -0.170. The molecule has 2 aliphatic carbocycles. The maximum absolute atomic E-state index is 6.27. The Balaban J connectivity index is 1.77. The summed E-state index contributed by atoms with van der Waals surface area (Å²) >= 11 is 0. The van der Waals surface area contributed by atoms with Gasteiger partial charge in [-0.05, 0) is 31.1 Å². The van der Waals surface area contributed by atoms with E-state index in [1.807, 2.05) is 0 Å². The lowest BCUT2D eigenvalue weighted by atomic mass is 9.94. The van der Waals surface area contributed by atoms with Crippen molar-refractivity contribution < 1.29 is 9.47 Å². The molecule has 15 heavy (non-hydrogen) atoms. The highest BCUT2D eigenvalue weighted by Gasteiger charge is 2.54. The van der Waals surface area contributed by atoms with Crippen LogP contribution in [0.4, 0.5) is 0 Å². The molecule has 1 saturated heterocycles. The third-order valence-electron chi connectivity index (χ3n) is 4.51. The second-order valence-electron chi connectivity index (χ2n) is 5.83. The van der Waals surface area contributed by atoms with E-state index in [9.17, 15) is 0 Å². The van der Waals surface area contributed by atoms with E-state index in [0.29, 0.717) is 24.0 Å². The summed E-state index contributed by atoms with van der Waals surface area (Å²) in [7, 11) is 0. The summed E-state index contributed by atoms with van der Waals surface area (Å²) < 4.78 is 12.5. The fraction of sp³-hybridized carbons (Fsp3) is 1.00. The molecule has 0 aromatic rings. The zero-order chi connectivity index (χ0) is 10.5. The monoisotopic (exact) mass is 210 g/mol. The summed E-state index contributed by atoms with van der Waals surface area (Å²) in [6.07, 6.45) is 8.21. The van der Waals surface area contributed by atoms with Crippen LogP contribution in [0, 0.1) is 11.8 Å². The molecular weight excluding hydrogens is 188 g/mol. The van der Waals surface area contributed by atoms with Crippen LogP contribution in [0.2, 0.25) is 0 Å². The molecule has 2 saturated carbocycles. The lowest BCUT2D eigenvalue weighted by Gasteiger charge is -2.33. The van der Waals surface area contributed by atoms with E-state index in [-0.39, 0.29) is 5.79 Å². The Bertz CT molecular complexity index is 227. The van der Waals surface area contributed by atoms with E-state index in [4.69, 9.17) is 9.47 Å². The molecule has 3 fully saturated rings.